The van der Waals surface area contributed by atoms with Crippen molar-refractivity contribution < 1.29 is 9.84 Å². The monoisotopic (exact) mass is 284 g/mol. The Morgan fingerprint density at radius 3 is 2.90 bits per heavy atom. The SMILES string of the molecule is COc1ccc2c(c1)CC[C@H]1C3=CC[C@H](O)[C@@]3(C)CC[C@H]21. The Morgan fingerprint density at radius 1 is 1.24 bits per heavy atom. The minimum Gasteiger partial charge on any atom is -0.497 e. The molecule has 2 nitrogen and oxygen atoms in total. The van der Waals surface area contributed by atoms with Gasteiger partial charge < -0.3 is 9.84 Å². The molecule has 0 saturated heterocycles. The lowest BCUT2D eigenvalue weighted by Gasteiger charge is -2.47. The van der Waals surface area contributed by atoms with E-state index in [0.29, 0.717) is 11.8 Å². The van der Waals surface area contributed by atoms with Crippen molar-refractivity contribution >= 4 is 0 Å². The molecule has 4 atom stereocenters. The number of aliphatic hydroxyl groups is 1. The van der Waals surface area contributed by atoms with Crippen molar-refractivity contribution in [1.29, 1.82) is 0 Å². The molecule has 1 fully saturated rings. The fourth-order valence-electron chi connectivity index (χ4n) is 5.01. The summed E-state index contributed by atoms with van der Waals surface area (Å²) in [5.74, 6) is 2.26. The molecule has 3 aliphatic rings. The second kappa shape index (κ2) is 4.61. The lowest BCUT2D eigenvalue weighted by atomic mass is 9.58. The highest BCUT2D eigenvalue weighted by Gasteiger charge is 2.49. The molecular formula is C19H24O2. The fourth-order valence-corrected chi connectivity index (χ4v) is 5.01. The van der Waals surface area contributed by atoms with E-state index in [1.807, 2.05) is 0 Å². The van der Waals surface area contributed by atoms with Gasteiger partial charge in [0.25, 0.3) is 0 Å². The Balaban J connectivity index is 1.72. The van der Waals surface area contributed by atoms with Crippen LogP contribution < -0.4 is 4.74 Å². The normalized spacial score (nSPS) is 37.3. The van der Waals surface area contributed by atoms with Crippen molar-refractivity contribution in [3.8, 4) is 5.75 Å². The van der Waals surface area contributed by atoms with Crippen LogP contribution in [0.2, 0.25) is 0 Å². The summed E-state index contributed by atoms with van der Waals surface area (Å²) in [6.45, 7) is 2.27. The summed E-state index contributed by atoms with van der Waals surface area (Å²) in [6.07, 6.45) is 7.71. The third kappa shape index (κ3) is 1.81. The Hall–Kier alpha value is -1.28. The number of ether oxygens (including phenoxy) is 1. The van der Waals surface area contributed by atoms with Gasteiger partial charge >= 0.3 is 0 Å². The van der Waals surface area contributed by atoms with E-state index in [2.05, 4.69) is 31.2 Å². The summed E-state index contributed by atoms with van der Waals surface area (Å²) in [5.41, 5.74) is 4.59. The highest BCUT2D eigenvalue weighted by Crippen LogP contribution is 2.58. The molecule has 0 aliphatic heterocycles. The average molecular weight is 284 g/mol. The summed E-state index contributed by atoms with van der Waals surface area (Å²) in [4.78, 5) is 0. The van der Waals surface area contributed by atoms with Gasteiger partial charge in [0.05, 0.1) is 13.2 Å². The van der Waals surface area contributed by atoms with Crippen molar-refractivity contribution in [1.82, 2.24) is 0 Å². The van der Waals surface area contributed by atoms with Gasteiger partial charge in [-0.1, -0.05) is 24.6 Å². The first-order chi connectivity index (χ1) is 10.1. The van der Waals surface area contributed by atoms with Gasteiger partial charge in [-0.25, -0.2) is 0 Å². The predicted octanol–water partition coefficient (Wildman–Crippen LogP) is 3.83. The molecular weight excluding hydrogens is 260 g/mol. The van der Waals surface area contributed by atoms with Crippen LogP contribution in [0.1, 0.15) is 49.7 Å². The van der Waals surface area contributed by atoms with E-state index >= 15 is 0 Å². The van der Waals surface area contributed by atoms with E-state index in [9.17, 15) is 5.11 Å². The minimum atomic E-state index is -0.161. The zero-order chi connectivity index (χ0) is 14.6. The van der Waals surface area contributed by atoms with Crippen molar-refractivity contribution in [3.05, 3.63) is 41.0 Å². The van der Waals surface area contributed by atoms with Crippen LogP contribution >= 0.6 is 0 Å². The summed E-state index contributed by atoms with van der Waals surface area (Å²) in [6, 6.07) is 6.60. The van der Waals surface area contributed by atoms with Crippen molar-refractivity contribution in [2.45, 2.75) is 51.0 Å². The lowest BCUT2D eigenvalue weighted by molar-refractivity contribution is 0.0471. The van der Waals surface area contributed by atoms with Crippen LogP contribution in [-0.2, 0) is 6.42 Å². The highest BCUT2D eigenvalue weighted by atomic mass is 16.5. The van der Waals surface area contributed by atoms with Crippen molar-refractivity contribution in [3.63, 3.8) is 0 Å². The summed E-state index contributed by atoms with van der Waals surface area (Å²) in [7, 11) is 1.74. The standard InChI is InChI=1S/C19H24O2/c1-19-10-9-15-14-6-4-13(21-2)11-12(14)3-5-16(15)17(19)7-8-18(19)20/h4,6-7,11,15-16,18,20H,3,5,8-10H2,1-2H3/t15-,16-,18+,19+/m1/s1. The third-order valence-electron chi connectivity index (χ3n) is 6.29. The van der Waals surface area contributed by atoms with Crippen LogP contribution in [0.4, 0.5) is 0 Å². The van der Waals surface area contributed by atoms with E-state index in [-0.39, 0.29) is 11.5 Å². The Kier molecular flexibility index (Phi) is 2.94. The maximum Gasteiger partial charge on any atom is 0.119 e. The second-order valence-electron chi connectivity index (χ2n) is 7.18. The highest BCUT2D eigenvalue weighted by molar-refractivity contribution is 5.43. The molecule has 21 heavy (non-hydrogen) atoms. The minimum absolute atomic E-state index is 0.0468. The number of benzene rings is 1. The largest absolute Gasteiger partial charge is 0.497 e. The molecule has 1 aromatic carbocycles. The second-order valence-corrected chi connectivity index (χ2v) is 7.18. The average Bonchev–Trinajstić information content (AvgIpc) is 2.82. The van der Waals surface area contributed by atoms with Gasteiger partial charge in [0.1, 0.15) is 5.75 Å². The summed E-state index contributed by atoms with van der Waals surface area (Å²) < 4.78 is 5.37. The topological polar surface area (TPSA) is 29.5 Å². The number of methoxy groups -OCH3 is 1. The first kappa shape index (κ1) is 13.4. The zero-order valence-electron chi connectivity index (χ0n) is 12.9. The number of hydrogen-bond donors (Lipinski definition) is 1. The van der Waals surface area contributed by atoms with Gasteiger partial charge in [0, 0.05) is 5.41 Å². The number of rotatable bonds is 1. The molecule has 4 rings (SSSR count). The number of aliphatic hydroxyl groups excluding tert-OH is 1. The summed E-state index contributed by atoms with van der Waals surface area (Å²) >= 11 is 0. The van der Waals surface area contributed by atoms with Crippen LogP contribution in [0.25, 0.3) is 0 Å². The third-order valence-corrected chi connectivity index (χ3v) is 6.29. The van der Waals surface area contributed by atoms with E-state index in [1.165, 1.54) is 24.0 Å². The fraction of sp³-hybridized carbons (Fsp3) is 0.579. The number of fused-ring (bicyclic) bond motifs is 5. The molecule has 0 amide bonds. The molecule has 2 heteroatoms. The van der Waals surface area contributed by atoms with Gasteiger partial charge in [-0.2, -0.15) is 0 Å². The molecule has 0 heterocycles. The summed E-state index contributed by atoms with van der Waals surface area (Å²) in [5, 5.41) is 10.4. The van der Waals surface area contributed by atoms with Crippen molar-refractivity contribution in [2.24, 2.45) is 11.3 Å². The molecule has 1 N–H and O–H groups in total. The maximum atomic E-state index is 10.4. The Labute approximate surface area is 126 Å². The molecule has 0 unspecified atom stereocenters. The van der Waals surface area contributed by atoms with Crippen LogP contribution in [-0.4, -0.2) is 18.3 Å². The maximum absolute atomic E-state index is 10.4. The van der Waals surface area contributed by atoms with Crippen LogP contribution in [0, 0.1) is 11.3 Å². The van der Waals surface area contributed by atoms with E-state index in [4.69, 9.17) is 4.74 Å². The molecule has 112 valence electrons. The molecule has 3 aliphatic carbocycles. The first-order valence-electron chi connectivity index (χ1n) is 8.19. The number of aryl methyl sites for hydroxylation is 1. The van der Waals surface area contributed by atoms with E-state index < -0.39 is 0 Å². The smallest absolute Gasteiger partial charge is 0.119 e. The van der Waals surface area contributed by atoms with E-state index in [1.54, 1.807) is 12.7 Å². The van der Waals surface area contributed by atoms with Gasteiger partial charge in [-0.3, -0.25) is 0 Å². The van der Waals surface area contributed by atoms with Crippen LogP contribution in [0.5, 0.6) is 5.75 Å². The first-order valence-corrected chi connectivity index (χ1v) is 8.19. The van der Waals surface area contributed by atoms with Crippen LogP contribution in [0.3, 0.4) is 0 Å². The molecule has 0 radical (unpaired) electrons. The molecule has 0 spiro atoms. The number of hydrogen-bond acceptors (Lipinski definition) is 2. The predicted molar refractivity (Wildman–Crippen MR) is 83.6 cm³/mol. The van der Waals surface area contributed by atoms with Crippen LogP contribution in [0.15, 0.2) is 29.8 Å². The zero-order valence-corrected chi connectivity index (χ0v) is 12.9. The molecule has 0 bridgehead atoms. The molecule has 1 saturated carbocycles. The lowest BCUT2D eigenvalue weighted by Crippen LogP contribution is -2.40. The molecule has 0 aromatic heterocycles. The van der Waals surface area contributed by atoms with Gasteiger partial charge in [-0.05, 0) is 67.2 Å². The quantitative estimate of drug-likeness (QED) is 0.794. The van der Waals surface area contributed by atoms with E-state index in [0.717, 1.165) is 25.0 Å². The van der Waals surface area contributed by atoms with Gasteiger partial charge in [0.2, 0.25) is 0 Å². The van der Waals surface area contributed by atoms with Gasteiger partial charge in [0.15, 0.2) is 0 Å². The van der Waals surface area contributed by atoms with Gasteiger partial charge in [-0.15, -0.1) is 0 Å². The Morgan fingerprint density at radius 2 is 2.10 bits per heavy atom. The Bertz CT molecular complexity index is 604. The molecule has 1 aromatic rings. The van der Waals surface area contributed by atoms with Crippen molar-refractivity contribution in [2.75, 3.05) is 7.11 Å².